The van der Waals surface area contributed by atoms with Gasteiger partial charge in [0.2, 0.25) is 11.8 Å². The van der Waals surface area contributed by atoms with Crippen molar-refractivity contribution in [3.05, 3.63) is 29.8 Å². The molecule has 0 unspecified atom stereocenters. The van der Waals surface area contributed by atoms with E-state index < -0.39 is 11.6 Å². The fraction of sp³-hybridized carbons (Fsp3) is 0.600. The average Bonchev–Trinajstić information content (AvgIpc) is 2.61. The summed E-state index contributed by atoms with van der Waals surface area (Å²) < 4.78 is 6.35. The largest absolute Gasteiger partial charge is 0.467 e. The van der Waals surface area contributed by atoms with Gasteiger partial charge in [0, 0.05) is 31.3 Å². The molecule has 1 aromatic carbocycles. The van der Waals surface area contributed by atoms with Crippen LogP contribution in [0.4, 0.5) is 0 Å². The smallest absolute Gasteiger partial charge is 0.236 e. The molecule has 2 amide bonds. The first-order valence-electron chi connectivity index (χ1n) is 9.50. The molecule has 0 radical (unpaired) electrons. The lowest BCUT2D eigenvalue weighted by Gasteiger charge is -2.56. The molecule has 1 saturated carbocycles. The van der Waals surface area contributed by atoms with Crippen LogP contribution in [0.2, 0.25) is 0 Å². The lowest BCUT2D eigenvalue weighted by atomic mass is 9.62. The van der Waals surface area contributed by atoms with Gasteiger partial charge in [-0.25, -0.2) is 0 Å². The van der Waals surface area contributed by atoms with Crippen LogP contribution in [0.25, 0.3) is 0 Å². The van der Waals surface area contributed by atoms with Gasteiger partial charge in [0.1, 0.15) is 11.7 Å². The molecule has 3 aliphatic rings. The van der Waals surface area contributed by atoms with Crippen LogP contribution in [0.5, 0.6) is 5.75 Å². The van der Waals surface area contributed by atoms with Crippen LogP contribution in [0.15, 0.2) is 24.3 Å². The Kier molecular flexibility index (Phi) is 3.97. The maximum Gasteiger partial charge on any atom is 0.236 e. The molecule has 1 saturated heterocycles. The molecule has 0 aromatic heterocycles. The first-order chi connectivity index (χ1) is 12.1. The van der Waals surface area contributed by atoms with Crippen LogP contribution >= 0.6 is 0 Å². The number of hydrogen-bond acceptors (Lipinski definition) is 3. The molecule has 5 heteroatoms. The van der Waals surface area contributed by atoms with Crippen LogP contribution < -0.4 is 10.1 Å². The highest BCUT2D eigenvalue weighted by molar-refractivity contribution is 6.02. The van der Waals surface area contributed by atoms with Crippen molar-refractivity contribution in [2.24, 2.45) is 11.8 Å². The molecule has 4 rings (SSSR count). The molecule has 2 fully saturated rings. The van der Waals surface area contributed by atoms with Gasteiger partial charge in [0.05, 0.1) is 0 Å². The molecule has 0 spiro atoms. The number of hydrogen-bond donors (Lipinski definition) is 1. The lowest BCUT2D eigenvalue weighted by Crippen LogP contribution is -2.70. The van der Waals surface area contributed by atoms with Crippen molar-refractivity contribution in [3.8, 4) is 5.75 Å². The van der Waals surface area contributed by atoms with Crippen molar-refractivity contribution in [1.29, 1.82) is 0 Å². The SMILES string of the molecule is CCN(CC)C(=O)[C@@H]1C(=O)N[C@@]23CCCC[C@H]2[C@H]1c1ccccc1O3. The van der Waals surface area contributed by atoms with Gasteiger partial charge in [-0.3, -0.25) is 9.59 Å². The van der Waals surface area contributed by atoms with Crippen LogP contribution in [0.1, 0.15) is 51.0 Å². The summed E-state index contributed by atoms with van der Waals surface area (Å²) in [5.41, 5.74) is 0.388. The number of nitrogens with zero attached hydrogens (tertiary/aromatic N) is 1. The highest BCUT2D eigenvalue weighted by Gasteiger charge is 2.60. The van der Waals surface area contributed by atoms with E-state index in [-0.39, 0.29) is 23.7 Å². The summed E-state index contributed by atoms with van der Waals surface area (Å²) in [6.45, 7) is 5.18. The Labute approximate surface area is 148 Å². The number of nitrogens with one attached hydrogen (secondary N) is 1. The summed E-state index contributed by atoms with van der Waals surface area (Å²) in [6.07, 6.45) is 3.97. The van der Waals surface area contributed by atoms with Gasteiger partial charge in [-0.05, 0) is 38.3 Å². The number of amides is 2. The van der Waals surface area contributed by atoms with E-state index in [0.29, 0.717) is 13.1 Å². The zero-order valence-electron chi connectivity index (χ0n) is 15.0. The third-order valence-corrected chi connectivity index (χ3v) is 6.23. The number of rotatable bonds is 3. The van der Waals surface area contributed by atoms with E-state index in [0.717, 1.165) is 37.0 Å². The molecule has 5 nitrogen and oxygen atoms in total. The van der Waals surface area contributed by atoms with Crippen molar-refractivity contribution in [1.82, 2.24) is 10.2 Å². The zero-order chi connectivity index (χ0) is 17.6. The molecule has 134 valence electrons. The molecular formula is C20H26N2O3. The van der Waals surface area contributed by atoms with Gasteiger partial charge in [-0.2, -0.15) is 0 Å². The molecule has 1 aromatic rings. The molecule has 2 bridgehead atoms. The molecule has 2 aliphatic heterocycles. The number of para-hydroxylation sites is 1. The van der Waals surface area contributed by atoms with Gasteiger partial charge < -0.3 is 15.0 Å². The fourth-order valence-corrected chi connectivity index (χ4v) is 5.07. The standard InChI is InChI=1S/C20H26N2O3/c1-3-22(4-2)19(24)17-16-13-9-5-6-11-15(13)25-20(21-18(17)23)12-8-7-10-14(16)20/h5-6,9,11,14,16-17H,3-4,7-8,10,12H2,1-2H3,(H,21,23)/t14-,16+,17-,20+/m0/s1. The Morgan fingerprint density at radius 1 is 1.28 bits per heavy atom. The Morgan fingerprint density at radius 2 is 2.04 bits per heavy atom. The highest BCUT2D eigenvalue weighted by atomic mass is 16.5. The molecule has 1 aliphatic carbocycles. The Bertz CT molecular complexity index is 700. The molecule has 2 heterocycles. The van der Waals surface area contributed by atoms with Crippen LogP contribution in [-0.4, -0.2) is 35.5 Å². The van der Waals surface area contributed by atoms with Crippen LogP contribution in [0, 0.1) is 11.8 Å². The third-order valence-electron chi connectivity index (χ3n) is 6.23. The second-order valence-electron chi connectivity index (χ2n) is 7.38. The summed E-state index contributed by atoms with van der Waals surface area (Å²) in [5, 5.41) is 3.13. The summed E-state index contributed by atoms with van der Waals surface area (Å²) in [4.78, 5) is 28.0. The van der Waals surface area contributed by atoms with Crippen molar-refractivity contribution >= 4 is 11.8 Å². The van der Waals surface area contributed by atoms with Gasteiger partial charge in [-0.15, -0.1) is 0 Å². The molecular weight excluding hydrogens is 316 g/mol. The first kappa shape index (κ1) is 16.4. The highest BCUT2D eigenvalue weighted by Crippen LogP contribution is 2.55. The van der Waals surface area contributed by atoms with E-state index in [4.69, 9.17) is 4.74 Å². The lowest BCUT2D eigenvalue weighted by molar-refractivity contribution is -0.165. The quantitative estimate of drug-likeness (QED) is 0.859. The van der Waals surface area contributed by atoms with Gasteiger partial charge in [-0.1, -0.05) is 24.6 Å². The van der Waals surface area contributed by atoms with Crippen molar-refractivity contribution in [2.75, 3.05) is 13.1 Å². The van der Waals surface area contributed by atoms with Crippen LogP contribution in [0.3, 0.4) is 0 Å². The van der Waals surface area contributed by atoms with E-state index in [1.165, 1.54) is 0 Å². The van der Waals surface area contributed by atoms with Crippen LogP contribution in [-0.2, 0) is 9.59 Å². The predicted octanol–water partition coefficient (Wildman–Crippen LogP) is 2.66. The average molecular weight is 342 g/mol. The Morgan fingerprint density at radius 3 is 2.80 bits per heavy atom. The van der Waals surface area contributed by atoms with E-state index in [9.17, 15) is 9.59 Å². The summed E-state index contributed by atoms with van der Waals surface area (Å²) in [5.74, 6) is 0.0209. The number of benzene rings is 1. The topological polar surface area (TPSA) is 58.6 Å². The summed E-state index contributed by atoms with van der Waals surface area (Å²) in [7, 11) is 0. The normalized spacial score (nSPS) is 32.7. The second kappa shape index (κ2) is 6.04. The van der Waals surface area contributed by atoms with Crippen molar-refractivity contribution in [2.45, 2.75) is 51.2 Å². The Balaban J connectivity index is 1.83. The van der Waals surface area contributed by atoms with E-state index in [1.54, 1.807) is 4.90 Å². The van der Waals surface area contributed by atoms with E-state index in [1.807, 2.05) is 38.1 Å². The predicted molar refractivity (Wildman–Crippen MR) is 94.1 cm³/mol. The summed E-state index contributed by atoms with van der Waals surface area (Å²) >= 11 is 0. The minimum Gasteiger partial charge on any atom is -0.467 e. The monoisotopic (exact) mass is 342 g/mol. The number of carbonyl (C=O) groups is 2. The van der Waals surface area contributed by atoms with Gasteiger partial charge >= 0.3 is 0 Å². The van der Waals surface area contributed by atoms with E-state index >= 15 is 0 Å². The molecule has 25 heavy (non-hydrogen) atoms. The second-order valence-corrected chi connectivity index (χ2v) is 7.38. The fourth-order valence-electron chi connectivity index (χ4n) is 5.07. The van der Waals surface area contributed by atoms with Gasteiger partial charge in [0.15, 0.2) is 5.72 Å². The Hall–Kier alpha value is -2.04. The van der Waals surface area contributed by atoms with Crippen molar-refractivity contribution < 1.29 is 14.3 Å². The molecule has 4 atom stereocenters. The van der Waals surface area contributed by atoms with Gasteiger partial charge in [0.25, 0.3) is 0 Å². The minimum atomic E-state index is -0.652. The van der Waals surface area contributed by atoms with E-state index in [2.05, 4.69) is 5.32 Å². The van der Waals surface area contributed by atoms with Crippen molar-refractivity contribution in [3.63, 3.8) is 0 Å². The minimum absolute atomic E-state index is 0.0524. The third kappa shape index (κ3) is 2.35. The zero-order valence-corrected chi connectivity index (χ0v) is 15.0. The number of carbonyl (C=O) groups excluding carboxylic acids is 2. The number of fused-ring (bicyclic) bond motifs is 2. The summed E-state index contributed by atoms with van der Waals surface area (Å²) in [6, 6.07) is 7.92. The number of ether oxygens (including phenoxy) is 1. The molecule has 1 N–H and O–H groups in total. The maximum absolute atomic E-state index is 13.2. The maximum atomic E-state index is 13.2. The number of piperidine rings is 1. The first-order valence-corrected chi connectivity index (χ1v) is 9.50.